The minimum Gasteiger partial charge on any atom is -0.423 e. The van der Waals surface area contributed by atoms with Gasteiger partial charge in [0.05, 0.1) is 5.56 Å². The molecule has 4 nitrogen and oxygen atoms in total. The summed E-state index contributed by atoms with van der Waals surface area (Å²) in [5.74, 6) is 1.53. The molecule has 0 saturated heterocycles. The summed E-state index contributed by atoms with van der Waals surface area (Å²) >= 11 is 0. The largest absolute Gasteiger partial charge is 0.423 e. The number of hydrogen-bond donors (Lipinski definition) is 2. The van der Waals surface area contributed by atoms with Crippen LogP contribution < -0.4 is 16.2 Å². The molecule has 0 radical (unpaired) electrons. The van der Waals surface area contributed by atoms with Gasteiger partial charge in [-0.1, -0.05) is 31.9 Å². The number of benzene rings is 2. The van der Waals surface area contributed by atoms with Crippen molar-refractivity contribution in [3.8, 4) is 5.75 Å². The number of ether oxygens (including phenoxy) is 1. The molecular formula is C20H24N2O2. The summed E-state index contributed by atoms with van der Waals surface area (Å²) in [6.45, 7) is 2.32. The number of rotatable bonds is 3. The Morgan fingerprint density at radius 2 is 1.67 bits per heavy atom. The van der Waals surface area contributed by atoms with Crippen LogP contribution in [0.5, 0.6) is 5.75 Å². The molecule has 0 aliphatic heterocycles. The Balaban J connectivity index is 1.66. The van der Waals surface area contributed by atoms with Crippen LogP contribution in [-0.4, -0.2) is 5.97 Å². The van der Waals surface area contributed by atoms with Gasteiger partial charge in [-0.15, -0.1) is 0 Å². The molecule has 1 aliphatic rings. The monoisotopic (exact) mass is 324 g/mol. The third-order valence-corrected chi connectivity index (χ3v) is 4.87. The molecule has 2 aromatic rings. The average Bonchev–Trinajstić information content (AvgIpc) is 2.56. The SMILES string of the molecule is CC1CCC(c2ccc(OC(=O)c3ccc(N)cc3N)cc2)CC1. The van der Waals surface area contributed by atoms with Gasteiger partial charge >= 0.3 is 5.97 Å². The second kappa shape index (κ2) is 6.95. The summed E-state index contributed by atoms with van der Waals surface area (Å²) in [6.07, 6.45) is 5.06. The summed E-state index contributed by atoms with van der Waals surface area (Å²) in [4.78, 5) is 12.2. The molecule has 24 heavy (non-hydrogen) atoms. The molecule has 1 fully saturated rings. The number of carbonyl (C=O) groups is 1. The molecule has 4 heteroatoms. The highest BCUT2D eigenvalue weighted by atomic mass is 16.5. The summed E-state index contributed by atoms with van der Waals surface area (Å²) in [5.41, 5.74) is 14.0. The van der Waals surface area contributed by atoms with Gasteiger partial charge in [0.25, 0.3) is 0 Å². The molecule has 1 aliphatic carbocycles. The molecule has 0 amide bonds. The normalized spacial score (nSPS) is 20.5. The highest BCUT2D eigenvalue weighted by Crippen LogP contribution is 2.36. The Labute approximate surface area is 142 Å². The van der Waals surface area contributed by atoms with Crippen molar-refractivity contribution in [1.29, 1.82) is 0 Å². The van der Waals surface area contributed by atoms with Crippen molar-refractivity contribution in [3.63, 3.8) is 0 Å². The van der Waals surface area contributed by atoms with Crippen LogP contribution in [0.15, 0.2) is 42.5 Å². The average molecular weight is 324 g/mol. The van der Waals surface area contributed by atoms with Gasteiger partial charge in [0.2, 0.25) is 0 Å². The van der Waals surface area contributed by atoms with E-state index >= 15 is 0 Å². The fraction of sp³-hybridized carbons (Fsp3) is 0.350. The van der Waals surface area contributed by atoms with Gasteiger partial charge in [-0.2, -0.15) is 0 Å². The second-order valence-corrected chi connectivity index (χ2v) is 6.76. The molecule has 3 rings (SSSR count). The quantitative estimate of drug-likeness (QED) is 0.499. The highest BCUT2D eigenvalue weighted by molar-refractivity contribution is 5.97. The number of nitrogen functional groups attached to an aromatic ring is 2. The highest BCUT2D eigenvalue weighted by Gasteiger charge is 2.20. The molecule has 2 aromatic carbocycles. The number of carbonyl (C=O) groups excluding carboxylic acids is 1. The zero-order chi connectivity index (χ0) is 17.1. The lowest BCUT2D eigenvalue weighted by atomic mass is 9.79. The molecular weight excluding hydrogens is 300 g/mol. The van der Waals surface area contributed by atoms with Crippen molar-refractivity contribution < 1.29 is 9.53 Å². The van der Waals surface area contributed by atoms with Crippen LogP contribution in [-0.2, 0) is 0 Å². The molecule has 0 aromatic heterocycles. The fourth-order valence-corrected chi connectivity index (χ4v) is 3.33. The molecule has 0 unspecified atom stereocenters. The summed E-state index contributed by atoms with van der Waals surface area (Å²) in [7, 11) is 0. The van der Waals surface area contributed by atoms with Gasteiger partial charge < -0.3 is 16.2 Å². The Hall–Kier alpha value is -2.49. The minimum atomic E-state index is -0.466. The lowest BCUT2D eigenvalue weighted by Crippen LogP contribution is -2.12. The van der Waals surface area contributed by atoms with Crippen LogP contribution in [0.1, 0.15) is 54.4 Å². The Morgan fingerprint density at radius 3 is 2.29 bits per heavy atom. The standard InChI is InChI=1S/C20H24N2O2/c1-13-2-4-14(5-3-13)15-6-9-17(10-7-15)24-20(23)18-11-8-16(21)12-19(18)22/h6-14H,2-5,21-22H2,1H3. The minimum absolute atomic E-state index is 0.327. The number of anilines is 2. The van der Waals surface area contributed by atoms with Crippen LogP contribution in [0.3, 0.4) is 0 Å². The van der Waals surface area contributed by atoms with E-state index in [1.165, 1.54) is 31.2 Å². The van der Waals surface area contributed by atoms with Crippen LogP contribution >= 0.6 is 0 Å². The maximum absolute atomic E-state index is 12.2. The van der Waals surface area contributed by atoms with Gasteiger partial charge in [0, 0.05) is 11.4 Å². The first-order valence-electron chi connectivity index (χ1n) is 8.50. The van der Waals surface area contributed by atoms with Crippen molar-refractivity contribution >= 4 is 17.3 Å². The summed E-state index contributed by atoms with van der Waals surface area (Å²) in [5, 5.41) is 0. The Kier molecular flexibility index (Phi) is 4.74. The van der Waals surface area contributed by atoms with E-state index in [1.807, 2.05) is 12.1 Å². The van der Waals surface area contributed by atoms with Crippen molar-refractivity contribution in [2.45, 2.75) is 38.5 Å². The van der Waals surface area contributed by atoms with E-state index in [-0.39, 0.29) is 0 Å². The summed E-state index contributed by atoms with van der Waals surface area (Å²) in [6, 6.07) is 12.6. The van der Waals surface area contributed by atoms with Gasteiger partial charge in [-0.3, -0.25) is 0 Å². The maximum atomic E-state index is 12.2. The molecule has 1 saturated carbocycles. The molecule has 126 valence electrons. The van der Waals surface area contributed by atoms with Gasteiger partial charge in [-0.25, -0.2) is 4.79 Å². The van der Waals surface area contributed by atoms with E-state index < -0.39 is 5.97 Å². The van der Waals surface area contributed by atoms with Gasteiger partial charge in [0.15, 0.2) is 0 Å². The van der Waals surface area contributed by atoms with E-state index in [1.54, 1.807) is 18.2 Å². The van der Waals surface area contributed by atoms with Crippen LogP contribution in [0.2, 0.25) is 0 Å². The van der Waals surface area contributed by atoms with E-state index in [9.17, 15) is 4.79 Å². The maximum Gasteiger partial charge on any atom is 0.345 e. The molecule has 0 heterocycles. The predicted octanol–water partition coefficient (Wildman–Crippen LogP) is 4.36. The van der Waals surface area contributed by atoms with Gasteiger partial charge in [0.1, 0.15) is 5.75 Å². The van der Waals surface area contributed by atoms with E-state index in [0.29, 0.717) is 28.6 Å². The van der Waals surface area contributed by atoms with Crippen LogP contribution in [0, 0.1) is 5.92 Å². The smallest absolute Gasteiger partial charge is 0.345 e. The third-order valence-electron chi connectivity index (χ3n) is 4.87. The molecule has 4 N–H and O–H groups in total. The first-order valence-corrected chi connectivity index (χ1v) is 8.50. The second-order valence-electron chi connectivity index (χ2n) is 6.76. The third kappa shape index (κ3) is 3.70. The predicted molar refractivity (Wildman–Crippen MR) is 97.0 cm³/mol. The zero-order valence-corrected chi connectivity index (χ0v) is 14.0. The van der Waals surface area contributed by atoms with Crippen molar-refractivity contribution in [2.24, 2.45) is 5.92 Å². The first kappa shape index (κ1) is 16.4. The Bertz CT molecular complexity index is 717. The molecule has 0 spiro atoms. The Morgan fingerprint density at radius 1 is 1.00 bits per heavy atom. The first-order chi connectivity index (χ1) is 11.5. The fourth-order valence-electron chi connectivity index (χ4n) is 3.33. The van der Waals surface area contributed by atoms with Crippen molar-refractivity contribution in [1.82, 2.24) is 0 Å². The number of hydrogen-bond acceptors (Lipinski definition) is 4. The number of esters is 1. The summed E-state index contributed by atoms with van der Waals surface area (Å²) < 4.78 is 5.42. The van der Waals surface area contributed by atoms with E-state index in [2.05, 4.69) is 19.1 Å². The van der Waals surface area contributed by atoms with Crippen LogP contribution in [0.25, 0.3) is 0 Å². The van der Waals surface area contributed by atoms with Gasteiger partial charge in [-0.05, 0) is 60.6 Å². The number of nitrogens with two attached hydrogens (primary N) is 2. The lowest BCUT2D eigenvalue weighted by molar-refractivity contribution is 0.0736. The zero-order valence-electron chi connectivity index (χ0n) is 14.0. The van der Waals surface area contributed by atoms with E-state index in [4.69, 9.17) is 16.2 Å². The topological polar surface area (TPSA) is 78.3 Å². The van der Waals surface area contributed by atoms with Crippen molar-refractivity contribution in [2.75, 3.05) is 11.5 Å². The van der Waals surface area contributed by atoms with E-state index in [0.717, 1.165) is 5.92 Å². The van der Waals surface area contributed by atoms with Crippen LogP contribution in [0.4, 0.5) is 11.4 Å². The molecule has 0 atom stereocenters. The lowest BCUT2D eigenvalue weighted by Gasteiger charge is -2.26. The van der Waals surface area contributed by atoms with Crippen molar-refractivity contribution in [3.05, 3.63) is 53.6 Å². The molecule has 0 bridgehead atoms.